The van der Waals surface area contributed by atoms with E-state index in [9.17, 15) is 10.1 Å². The third-order valence-corrected chi connectivity index (χ3v) is 2.93. The van der Waals surface area contributed by atoms with E-state index in [1.54, 1.807) is 14.2 Å². The van der Waals surface area contributed by atoms with Gasteiger partial charge in [0.2, 0.25) is 0 Å². The van der Waals surface area contributed by atoms with Crippen LogP contribution in [0.1, 0.15) is 5.56 Å². The van der Waals surface area contributed by atoms with Crippen LogP contribution in [0.5, 0.6) is 5.75 Å². The number of para-hydroxylation sites is 1. The Bertz CT molecular complexity index is 646. The molecule has 0 aliphatic carbocycles. The summed E-state index contributed by atoms with van der Waals surface area (Å²) in [4.78, 5) is 14.7. The van der Waals surface area contributed by atoms with Gasteiger partial charge in [-0.1, -0.05) is 18.2 Å². The number of benzene rings is 1. The monoisotopic (exact) mass is 288 g/mol. The van der Waals surface area contributed by atoms with Gasteiger partial charge in [0.05, 0.1) is 24.2 Å². The molecule has 0 fully saturated rings. The van der Waals surface area contributed by atoms with Crippen LogP contribution in [0, 0.1) is 10.1 Å². The number of aromatic nitrogens is 1. The topological polar surface area (TPSA) is 89.3 Å². The number of nitro groups is 1. The van der Waals surface area contributed by atoms with Crippen LogP contribution in [0.2, 0.25) is 0 Å². The summed E-state index contributed by atoms with van der Waals surface area (Å²) in [6, 6.07) is 10.3. The van der Waals surface area contributed by atoms with Crippen LogP contribution < -0.4 is 15.4 Å². The third kappa shape index (κ3) is 3.59. The van der Waals surface area contributed by atoms with E-state index in [1.807, 2.05) is 24.3 Å². The van der Waals surface area contributed by atoms with Crippen LogP contribution >= 0.6 is 0 Å². The third-order valence-electron chi connectivity index (χ3n) is 2.93. The van der Waals surface area contributed by atoms with E-state index in [-0.39, 0.29) is 5.69 Å². The van der Waals surface area contributed by atoms with Crippen molar-refractivity contribution < 1.29 is 9.66 Å². The largest absolute Gasteiger partial charge is 0.496 e. The molecule has 1 heterocycles. The van der Waals surface area contributed by atoms with Crippen LogP contribution in [0.3, 0.4) is 0 Å². The van der Waals surface area contributed by atoms with Gasteiger partial charge in [-0.2, -0.15) is 0 Å². The average Bonchev–Trinajstić information content (AvgIpc) is 2.52. The SMILES string of the molecule is CNc1cc([N+](=O)[O-])cc(NCc2ccccc2OC)n1. The fourth-order valence-electron chi connectivity index (χ4n) is 1.87. The van der Waals surface area contributed by atoms with Crippen molar-refractivity contribution in [3.8, 4) is 5.75 Å². The number of nitrogens with one attached hydrogen (secondary N) is 2. The average molecular weight is 288 g/mol. The minimum atomic E-state index is -0.448. The minimum Gasteiger partial charge on any atom is -0.496 e. The van der Waals surface area contributed by atoms with Gasteiger partial charge in [-0.3, -0.25) is 10.1 Å². The van der Waals surface area contributed by atoms with E-state index in [4.69, 9.17) is 4.74 Å². The zero-order valence-electron chi connectivity index (χ0n) is 11.8. The summed E-state index contributed by atoms with van der Waals surface area (Å²) in [5, 5.41) is 16.8. The zero-order valence-corrected chi connectivity index (χ0v) is 11.8. The van der Waals surface area contributed by atoms with E-state index in [0.29, 0.717) is 18.2 Å². The molecule has 0 amide bonds. The van der Waals surface area contributed by atoms with Gasteiger partial charge in [0.15, 0.2) is 0 Å². The molecule has 2 rings (SSSR count). The zero-order chi connectivity index (χ0) is 15.2. The lowest BCUT2D eigenvalue weighted by molar-refractivity contribution is -0.384. The molecule has 0 radical (unpaired) electrons. The molecule has 0 aliphatic heterocycles. The smallest absolute Gasteiger partial charge is 0.276 e. The number of hydrogen-bond acceptors (Lipinski definition) is 6. The second-order valence-corrected chi connectivity index (χ2v) is 4.27. The Morgan fingerprint density at radius 1 is 1.29 bits per heavy atom. The fraction of sp³-hybridized carbons (Fsp3) is 0.214. The molecule has 110 valence electrons. The number of rotatable bonds is 6. The maximum Gasteiger partial charge on any atom is 0.276 e. The Balaban J connectivity index is 2.19. The fourth-order valence-corrected chi connectivity index (χ4v) is 1.87. The molecule has 21 heavy (non-hydrogen) atoms. The second-order valence-electron chi connectivity index (χ2n) is 4.27. The standard InChI is InChI=1S/C14H16N4O3/c1-15-13-7-11(18(19)20)8-14(17-13)16-9-10-5-3-4-6-12(10)21-2/h3-8H,9H2,1-2H3,(H2,15,16,17). The van der Waals surface area contributed by atoms with Gasteiger partial charge in [0, 0.05) is 19.2 Å². The van der Waals surface area contributed by atoms with Crippen molar-refractivity contribution in [2.24, 2.45) is 0 Å². The summed E-state index contributed by atoms with van der Waals surface area (Å²) in [5.41, 5.74) is 0.927. The molecule has 0 bridgehead atoms. The van der Waals surface area contributed by atoms with E-state index in [0.717, 1.165) is 11.3 Å². The maximum absolute atomic E-state index is 10.9. The van der Waals surface area contributed by atoms with E-state index >= 15 is 0 Å². The first kappa shape index (κ1) is 14.6. The predicted molar refractivity (Wildman–Crippen MR) is 80.8 cm³/mol. The van der Waals surface area contributed by atoms with Gasteiger partial charge >= 0.3 is 0 Å². The molecule has 0 saturated carbocycles. The van der Waals surface area contributed by atoms with Crippen LogP contribution in [0.25, 0.3) is 0 Å². The molecular weight excluding hydrogens is 272 g/mol. The lowest BCUT2D eigenvalue weighted by atomic mass is 10.2. The van der Waals surface area contributed by atoms with Crippen molar-refractivity contribution in [2.45, 2.75) is 6.54 Å². The highest BCUT2D eigenvalue weighted by molar-refractivity contribution is 5.54. The first-order valence-corrected chi connectivity index (χ1v) is 6.34. The van der Waals surface area contributed by atoms with Crippen LogP contribution in [-0.4, -0.2) is 24.1 Å². The predicted octanol–water partition coefficient (Wildman–Crippen LogP) is 2.65. The summed E-state index contributed by atoms with van der Waals surface area (Å²) in [7, 11) is 3.26. The van der Waals surface area contributed by atoms with Gasteiger partial charge in [0.25, 0.3) is 5.69 Å². The van der Waals surface area contributed by atoms with E-state index < -0.39 is 4.92 Å². The van der Waals surface area contributed by atoms with E-state index in [1.165, 1.54) is 12.1 Å². The number of pyridine rings is 1. The Morgan fingerprint density at radius 3 is 2.67 bits per heavy atom. The number of nitrogens with zero attached hydrogens (tertiary/aromatic N) is 2. The number of ether oxygens (including phenoxy) is 1. The van der Waals surface area contributed by atoms with Gasteiger partial charge in [-0.05, 0) is 6.07 Å². The van der Waals surface area contributed by atoms with Gasteiger partial charge in [0.1, 0.15) is 17.4 Å². The Kier molecular flexibility index (Phi) is 4.55. The Morgan fingerprint density at radius 2 is 2.00 bits per heavy atom. The molecule has 2 N–H and O–H groups in total. The normalized spacial score (nSPS) is 10.0. The summed E-state index contributed by atoms with van der Waals surface area (Å²) >= 11 is 0. The number of hydrogen-bond donors (Lipinski definition) is 2. The summed E-state index contributed by atoms with van der Waals surface area (Å²) in [5.74, 6) is 1.62. The highest BCUT2D eigenvalue weighted by Gasteiger charge is 2.11. The van der Waals surface area contributed by atoms with Crippen molar-refractivity contribution in [1.82, 2.24) is 4.98 Å². The van der Waals surface area contributed by atoms with Gasteiger partial charge < -0.3 is 15.4 Å². The van der Waals surface area contributed by atoms with Crippen molar-refractivity contribution >= 4 is 17.3 Å². The molecule has 0 atom stereocenters. The first-order valence-electron chi connectivity index (χ1n) is 6.34. The molecule has 1 aromatic heterocycles. The van der Waals surface area contributed by atoms with Gasteiger partial charge in [-0.15, -0.1) is 0 Å². The lowest BCUT2D eigenvalue weighted by Gasteiger charge is -2.10. The molecule has 1 aromatic carbocycles. The molecule has 0 spiro atoms. The minimum absolute atomic E-state index is 0.0168. The van der Waals surface area contributed by atoms with Crippen molar-refractivity contribution in [3.63, 3.8) is 0 Å². The highest BCUT2D eigenvalue weighted by Crippen LogP contribution is 2.22. The second kappa shape index (κ2) is 6.56. The summed E-state index contributed by atoms with van der Waals surface area (Å²) in [6.07, 6.45) is 0. The maximum atomic E-state index is 10.9. The molecule has 2 aromatic rings. The molecule has 7 heteroatoms. The number of methoxy groups -OCH3 is 1. The Labute approximate surface area is 122 Å². The number of anilines is 2. The summed E-state index contributed by atoms with van der Waals surface area (Å²) in [6.45, 7) is 0.460. The molecule has 0 saturated heterocycles. The van der Waals surface area contributed by atoms with Gasteiger partial charge in [-0.25, -0.2) is 4.98 Å². The van der Waals surface area contributed by atoms with Crippen LogP contribution in [-0.2, 0) is 6.54 Å². The van der Waals surface area contributed by atoms with Crippen molar-refractivity contribution in [1.29, 1.82) is 0 Å². The Hall–Kier alpha value is -2.83. The van der Waals surface area contributed by atoms with Crippen molar-refractivity contribution in [2.75, 3.05) is 24.8 Å². The van der Waals surface area contributed by atoms with Crippen LogP contribution in [0.4, 0.5) is 17.3 Å². The molecule has 7 nitrogen and oxygen atoms in total. The van der Waals surface area contributed by atoms with E-state index in [2.05, 4.69) is 15.6 Å². The highest BCUT2D eigenvalue weighted by atomic mass is 16.6. The van der Waals surface area contributed by atoms with Crippen LogP contribution in [0.15, 0.2) is 36.4 Å². The first-order chi connectivity index (χ1) is 10.1. The van der Waals surface area contributed by atoms with Crippen molar-refractivity contribution in [3.05, 3.63) is 52.1 Å². The molecular formula is C14H16N4O3. The summed E-state index contributed by atoms with van der Waals surface area (Å²) < 4.78 is 5.26. The molecule has 0 unspecified atom stereocenters. The lowest BCUT2D eigenvalue weighted by Crippen LogP contribution is -2.05. The quantitative estimate of drug-likeness (QED) is 0.627. The molecule has 0 aliphatic rings.